The molecule has 138 valence electrons. The van der Waals surface area contributed by atoms with Crippen LogP contribution in [0.25, 0.3) is 10.8 Å². The Morgan fingerprint density at radius 2 is 2.04 bits per heavy atom. The first-order valence-electron chi connectivity index (χ1n) is 9.90. The summed E-state index contributed by atoms with van der Waals surface area (Å²) in [5, 5.41) is 15.4. The molecule has 1 aliphatic carbocycles. The van der Waals surface area contributed by atoms with Gasteiger partial charge in [0.2, 0.25) is 0 Å². The van der Waals surface area contributed by atoms with Gasteiger partial charge < -0.3 is 15.3 Å². The molecular weight excluding hydrogens is 324 g/mol. The minimum absolute atomic E-state index is 0.0155. The van der Waals surface area contributed by atoms with Crippen LogP contribution in [0.5, 0.6) is 0 Å². The maximum atomic E-state index is 13.1. The van der Waals surface area contributed by atoms with Crippen molar-refractivity contribution >= 4 is 16.8 Å². The summed E-state index contributed by atoms with van der Waals surface area (Å²) in [7, 11) is 0. The molecule has 4 heteroatoms. The van der Waals surface area contributed by atoms with E-state index in [9.17, 15) is 9.90 Å². The maximum Gasteiger partial charge on any atom is 0.318 e. The summed E-state index contributed by atoms with van der Waals surface area (Å²) in [6.45, 7) is 2.17. The average Bonchev–Trinajstić information content (AvgIpc) is 3.26. The van der Waals surface area contributed by atoms with Crippen LogP contribution in [0.3, 0.4) is 0 Å². The fourth-order valence-electron chi connectivity index (χ4n) is 5.05. The number of hydrogen-bond acceptors (Lipinski definition) is 2. The van der Waals surface area contributed by atoms with Crippen molar-refractivity contribution in [3.05, 3.63) is 48.0 Å². The lowest BCUT2D eigenvalue weighted by molar-refractivity contribution is 0.133. The summed E-state index contributed by atoms with van der Waals surface area (Å²) in [4.78, 5) is 15.1. The zero-order chi connectivity index (χ0) is 18.1. The van der Waals surface area contributed by atoms with E-state index in [1.165, 1.54) is 29.2 Å². The van der Waals surface area contributed by atoms with Gasteiger partial charge in [-0.25, -0.2) is 4.79 Å². The minimum Gasteiger partial charge on any atom is -0.394 e. The second-order valence-electron chi connectivity index (χ2n) is 7.72. The Balaban J connectivity index is 1.59. The van der Waals surface area contributed by atoms with E-state index in [1.54, 1.807) is 0 Å². The van der Waals surface area contributed by atoms with Gasteiger partial charge in [-0.2, -0.15) is 0 Å². The number of carbonyl (C=O) groups is 1. The van der Waals surface area contributed by atoms with Crippen LogP contribution in [0, 0.1) is 5.92 Å². The summed E-state index contributed by atoms with van der Waals surface area (Å²) in [6.07, 6.45) is 5.23. The molecule has 0 aromatic heterocycles. The van der Waals surface area contributed by atoms with Gasteiger partial charge in [-0.15, -0.1) is 0 Å². The lowest BCUT2D eigenvalue weighted by atomic mass is 9.97. The Kier molecular flexibility index (Phi) is 4.86. The largest absolute Gasteiger partial charge is 0.394 e. The van der Waals surface area contributed by atoms with Gasteiger partial charge in [0, 0.05) is 6.04 Å². The summed E-state index contributed by atoms with van der Waals surface area (Å²) < 4.78 is 0. The fraction of sp³-hybridized carbons (Fsp3) is 0.500. The number of benzene rings is 2. The van der Waals surface area contributed by atoms with Gasteiger partial charge in [0.15, 0.2) is 0 Å². The lowest BCUT2D eigenvalue weighted by Gasteiger charge is -2.31. The molecule has 1 saturated carbocycles. The average molecular weight is 352 g/mol. The van der Waals surface area contributed by atoms with Gasteiger partial charge >= 0.3 is 6.03 Å². The van der Waals surface area contributed by atoms with E-state index < -0.39 is 0 Å². The number of likely N-dealkylation sites (tertiary alicyclic amines) is 1. The molecule has 2 N–H and O–H groups in total. The van der Waals surface area contributed by atoms with Crippen LogP contribution >= 0.6 is 0 Å². The monoisotopic (exact) mass is 352 g/mol. The summed E-state index contributed by atoms with van der Waals surface area (Å²) in [6, 6.07) is 14.8. The number of hydrogen-bond donors (Lipinski definition) is 2. The molecule has 4 atom stereocenters. The molecule has 4 nitrogen and oxygen atoms in total. The molecule has 2 amide bonds. The highest BCUT2D eigenvalue weighted by molar-refractivity contribution is 5.87. The van der Waals surface area contributed by atoms with Crippen molar-refractivity contribution < 1.29 is 9.90 Å². The minimum atomic E-state index is -0.0321. The summed E-state index contributed by atoms with van der Waals surface area (Å²) >= 11 is 0. The number of carbonyl (C=O) groups excluding carboxylic acids is 1. The van der Waals surface area contributed by atoms with Crippen molar-refractivity contribution in [2.75, 3.05) is 6.61 Å². The van der Waals surface area contributed by atoms with Crippen molar-refractivity contribution in [2.24, 2.45) is 5.92 Å². The third kappa shape index (κ3) is 2.96. The number of rotatable bonds is 4. The van der Waals surface area contributed by atoms with Crippen LogP contribution in [0.15, 0.2) is 42.5 Å². The normalized spacial score (nSPS) is 26.1. The van der Waals surface area contributed by atoms with E-state index in [0.717, 1.165) is 19.3 Å². The molecule has 2 aromatic rings. The quantitative estimate of drug-likeness (QED) is 0.865. The highest BCUT2D eigenvalue weighted by atomic mass is 16.3. The smallest absolute Gasteiger partial charge is 0.318 e. The molecule has 2 aliphatic rings. The standard InChI is InChI=1S/C22H28N2O2/c1-2-20(19-11-5-8-15-7-3-4-10-18(15)19)23-22(26)24-17(14-25)13-16-9-6-12-21(16)24/h3-5,7-8,10-11,16-17,20-21,25H,2,6,9,12-14H2,1H3,(H,23,26)/t16-,17-,20-,21-/m1/s1. The molecule has 0 unspecified atom stereocenters. The molecule has 2 fully saturated rings. The second-order valence-corrected chi connectivity index (χ2v) is 7.72. The number of nitrogens with zero attached hydrogens (tertiary/aromatic N) is 1. The SMILES string of the molecule is CC[C@@H](NC(=O)N1[C@@H](CO)C[C@H]2CCC[C@H]21)c1cccc2ccccc12. The second kappa shape index (κ2) is 7.28. The molecule has 1 aliphatic heterocycles. The van der Waals surface area contributed by atoms with Crippen molar-refractivity contribution in [3.63, 3.8) is 0 Å². The molecule has 0 spiro atoms. The molecule has 1 heterocycles. The van der Waals surface area contributed by atoms with Gasteiger partial charge in [-0.1, -0.05) is 55.8 Å². The number of fused-ring (bicyclic) bond motifs is 2. The van der Waals surface area contributed by atoms with Crippen molar-refractivity contribution in [3.8, 4) is 0 Å². The Morgan fingerprint density at radius 3 is 2.85 bits per heavy atom. The van der Waals surface area contributed by atoms with E-state index in [2.05, 4.69) is 42.6 Å². The topological polar surface area (TPSA) is 52.6 Å². The van der Waals surface area contributed by atoms with Crippen LogP contribution in [-0.4, -0.2) is 34.7 Å². The van der Waals surface area contributed by atoms with Crippen LogP contribution in [0.4, 0.5) is 4.79 Å². The fourth-order valence-corrected chi connectivity index (χ4v) is 5.05. The molecule has 4 rings (SSSR count). The van der Waals surface area contributed by atoms with E-state index in [1.807, 2.05) is 17.0 Å². The van der Waals surface area contributed by atoms with Gasteiger partial charge in [0.1, 0.15) is 0 Å². The number of urea groups is 1. The number of aliphatic hydroxyl groups is 1. The summed E-state index contributed by atoms with van der Waals surface area (Å²) in [5.74, 6) is 0.565. The first-order chi connectivity index (χ1) is 12.7. The molecule has 0 bridgehead atoms. The third-order valence-electron chi connectivity index (χ3n) is 6.29. The maximum absolute atomic E-state index is 13.1. The van der Waals surface area contributed by atoms with E-state index in [4.69, 9.17) is 0 Å². The molecule has 2 aromatic carbocycles. The van der Waals surface area contributed by atoms with Gasteiger partial charge in [-0.3, -0.25) is 0 Å². The van der Waals surface area contributed by atoms with Crippen molar-refractivity contribution in [1.29, 1.82) is 0 Å². The summed E-state index contributed by atoms with van der Waals surface area (Å²) in [5.41, 5.74) is 1.17. The third-order valence-corrected chi connectivity index (χ3v) is 6.29. The number of aliphatic hydroxyl groups excluding tert-OH is 1. The van der Waals surface area contributed by atoms with Crippen LogP contribution < -0.4 is 5.32 Å². The zero-order valence-electron chi connectivity index (χ0n) is 15.4. The molecular formula is C22H28N2O2. The Labute approximate surface area is 155 Å². The Bertz CT molecular complexity index is 785. The van der Waals surface area contributed by atoms with Crippen molar-refractivity contribution in [1.82, 2.24) is 10.2 Å². The molecule has 1 saturated heterocycles. The first kappa shape index (κ1) is 17.3. The van der Waals surface area contributed by atoms with Crippen LogP contribution in [-0.2, 0) is 0 Å². The van der Waals surface area contributed by atoms with E-state index in [0.29, 0.717) is 12.0 Å². The zero-order valence-corrected chi connectivity index (χ0v) is 15.4. The van der Waals surface area contributed by atoms with E-state index >= 15 is 0 Å². The van der Waals surface area contributed by atoms with Crippen LogP contribution in [0.2, 0.25) is 0 Å². The Hall–Kier alpha value is -2.07. The Morgan fingerprint density at radius 1 is 1.23 bits per heavy atom. The highest BCUT2D eigenvalue weighted by Crippen LogP contribution is 2.41. The van der Waals surface area contributed by atoms with Crippen molar-refractivity contribution in [2.45, 2.75) is 57.2 Å². The molecule has 26 heavy (non-hydrogen) atoms. The highest BCUT2D eigenvalue weighted by Gasteiger charge is 2.45. The van der Waals surface area contributed by atoms with Gasteiger partial charge in [0.25, 0.3) is 0 Å². The van der Waals surface area contributed by atoms with Gasteiger partial charge in [0.05, 0.1) is 18.7 Å². The van der Waals surface area contributed by atoms with Gasteiger partial charge in [-0.05, 0) is 47.9 Å². The number of amides is 2. The predicted molar refractivity (Wildman–Crippen MR) is 104 cm³/mol. The predicted octanol–water partition coefficient (Wildman–Crippen LogP) is 4.24. The lowest BCUT2D eigenvalue weighted by Crippen LogP contribution is -2.49. The number of nitrogens with one attached hydrogen (secondary N) is 1. The van der Waals surface area contributed by atoms with Crippen LogP contribution in [0.1, 0.15) is 50.6 Å². The van der Waals surface area contributed by atoms with E-state index in [-0.39, 0.29) is 24.7 Å². The molecule has 0 radical (unpaired) electrons. The first-order valence-corrected chi connectivity index (χ1v) is 9.90.